The molecule has 1 aromatic carbocycles. The molecule has 0 saturated heterocycles. The van der Waals surface area contributed by atoms with Crippen molar-refractivity contribution in [2.75, 3.05) is 0 Å². The van der Waals surface area contributed by atoms with E-state index in [1.54, 1.807) is 19.1 Å². The van der Waals surface area contributed by atoms with Gasteiger partial charge in [0.1, 0.15) is 11.6 Å². The number of hydrogen-bond acceptors (Lipinski definition) is 1. The maximum Gasteiger partial charge on any atom is 0.129 e. The summed E-state index contributed by atoms with van der Waals surface area (Å²) in [7, 11) is 0. The average Bonchev–Trinajstić information content (AvgIpc) is 2.11. The van der Waals surface area contributed by atoms with Crippen LogP contribution >= 0.6 is 0 Å². The quantitative estimate of drug-likeness (QED) is 0.696. The lowest BCUT2D eigenvalue weighted by Gasteiger charge is -2.12. The van der Waals surface area contributed by atoms with Crippen LogP contribution in [0.25, 0.3) is 0 Å². The minimum atomic E-state index is -0.208. The topological polar surface area (TPSA) is 9.23 Å². The van der Waals surface area contributed by atoms with E-state index in [9.17, 15) is 4.39 Å². The first-order valence-corrected chi connectivity index (χ1v) is 4.56. The molecule has 1 aromatic rings. The average molecular weight is 182 g/mol. The Hall–Kier alpha value is -1.05. The van der Waals surface area contributed by atoms with Crippen LogP contribution in [-0.2, 0) is 0 Å². The van der Waals surface area contributed by atoms with Crippen LogP contribution in [0.15, 0.2) is 18.2 Å². The molecule has 0 aliphatic rings. The monoisotopic (exact) mass is 182 g/mol. The molecule has 0 amide bonds. The molecule has 13 heavy (non-hydrogen) atoms. The molecule has 2 heteroatoms. The van der Waals surface area contributed by atoms with E-state index in [-0.39, 0.29) is 11.9 Å². The predicted octanol–water partition coefficient (Wildman–Crippen LogP) is 3.31. The van der Waals surface area contributed by atoms with Gasteiger partial charge in [-0.3, -0.25) is 0 Å². The molecule has 1 atom stereocenters. The van der Waals surface area contributed by atoms with Gasteiger partial charge in [-0.15, -0.1) is 0 Å². The van der Waals surface area contributed by atoms with E-state index in [0.717, 1.165) is 6.42 Å². The number of hydrogen-bond donors (Lipinski definition) is 0. The lowest BCUT2D eigenvalue weighted by atomic mass is 10.2. The Morgan fingerprint density at radius 3 is 2.69 bits per heavy atom. The van der Waals surface area contributed by atoms with E-state index in [4.69, 9.17) is 4.74 Å². The number of benzene rings is 1. The highest BCUT2D eigenvalue weighted by molar-refractivity contribution is 5.28. The zero-order chi connectivity index (χ0) is 9.84. The molecule has 0 radical (unpaired) electrons. The summed E-state index contributed by atoms with van der Waals surface area (Å²) in [5, 5.41) is 0. The van der Waals surface area contributed by atoms with E-state index in [1.807, 2.05) is 13.8 Å². The third kappa shape index (κ3) is 2.72. The molecule has 0 heterocycles. The summed E-state index contributed by atoms with van der Waals surface area (Å²) in [6, 6.07) is 4.96. The normalized spacial score (nSPS) is 12.6. The fraction of sp³-hybridized carbons (Fsp3) is 0.455. The van der Waals surface area contributed by atoms with Crippen LogP contribution in [0, 0.1) is 12.7 Å². The van der Waals surface area contributed by atoms with Gasteiger partial charge in [0.2, 0.25) is 0 Å². The van der Waals surface area contributed by atoms with Crippen LogP contribution in [0.1, 0.15) is 25.8 Å². The molecule has 0 aliphatic carbocycles. The van der Waals surface area contributed by atoms with E-state index >= 15 is 0 Å². The second-order valence-electron chi connectivity index (χ2n) is 3.25. The molecule has 1 rings (SSSR count). The molecule has 72 valence electrons. The van der Waals surface area contributed by atoms with Gasteiger partial charge in [0.25, 0.3) is 0 Å². The Kier molecular flexibility index (Phi) is 3.29. The second kappa shape index (κ2) is 4.26. The van der Waals surface area contributed by atoms with Crippen molar-refractivity contribution in [3.8, 4) is 5.75 Å². The van der Waals surface area contributed by atoms with Crippen molar-refractivity contribution in [1.29, 1.82) is 0 Å². The Morgan fingerprint density at radius 1 is 1.46 bits per heavy atom. The predicted molar refractivity (Wildman–Crippen MR) is 51.5 cm³/mol. The minimum Gasteiger partial charge on any atom is -0.491 e. The molecular weight excluding hydrogens is 167 g/mol. The molecule has 0 aliphatic heterocycles. The Morgan fingerprint density at radius 2 is 2.15 bits per heavy atom. The van der Waals surface area contributed by atoms with Gasteiger partial charge in [0.05, 0.1) is 6.10 Å². The Balaban J connectivity index is 2.73. The van der Waals surface area contributed by atoms with Crippen molar-refractivity contribution in [2.24, 2.45) is 0 Å². The van der Waals surface area contributed by atoms with Gasteiger partial charge < -0.3 is 4.74 Å². The third-order valence-electron chi connectivity index (χ3n) is 2.06. The highest BCUT2D eigenvalue weighted by Crippen LogP contribution is 2.17. The smallest absolute Gasteiger partial charge is 0.129 e. The molecule has 0 spiro atoms. The number of halogens is 1. The minimum absolute atomic E-state index is 0.141. The zero-order valence-corrected chi connectivity index (χ0v) is 8.30. The molecule has 0 saturated carbocycles. The van der Waals surface area contributed by atoms with E-state index < -0.39 is 0 Å². The second-order valence-corrected chi connectivity index (χ2v) is 3.25. The SMILES string of the molecule is CCC(C)Oc1ccc(C)c(F)c1. The number of aryl methyl sites for hydroxylation is 1. The first-order valence-electron chi connectivity index (χ1n) is 4.56. The van der Waals surface area contributed by atoms with Crippen molar-refractivity contribution >= 4 is 0 Å². The fourth-order valence-electron chi connectivity index (χ4n) is 0.963. The Bertz CT molecular complexity index is 283. The lowest BCUT2D eigenvalue weighted by molar-refractivity contribution is 0.216. The Labute approximate surface area is 78.5 Å². The van der Waals surface area contributed by atoms with Crippen molar-refractivity contribution in [2.45, 2.75) is 33.3 Å². The largest absolute Gasteiger partial charge is 0.491 e. The summed E-state index contributed by atoms with van der Waals surface area (Å²) in [6.07, 6.45) is 1.07. The fourth-order valence-corrected chi connectivity index (χ4v) is 0.963. The van der Waals surface area contributed by atoms with Crippen molar-refractivity contribution in [1.82, 2.24) is 0 Å². The first kappa shape index (κ1) is 10.0. The zero-order valence-electron chi connectivity index (χ0n) is 8.30. The summed E-state index contributed by atoms with van der Waals surface area (Å²) in [5.74, 6) is 0.401. The van der Waals surface area contributed by atoms with Crippen LogP contribution in [-0.4, -0.2) is 6.10 Å². The summed E-state index contributed by atoms with van der Waals surface area (Å²) >= 11 is 0. The van der Waals surface area contributed by atoms with Crippen LogP contribution in [0.2, 0.25) is 0 Å². The molecule has 1 unspecified atom stereocenters. The van der Waals surface area contributed by atoms with Gasteiger partial charge in [-0.05, 0) is 31.9 Å². The van der Waals surface area contributed by atoms with Crippen LogP contribution in [0.4, 0.5) is 4.39 Å². The van der Waals surface area contributed by atoms with E-state index in [1.165, 1.54) is 6.07 Å². The van der Waals surface area contributed by atoms with E-state index in [2.05, 4.69) is 0 Å². The molecule has 1 nitrogen and oxygen atoms in total. The maximum absolute atomic E-state index is 13.1. The highest BCUT2D eigenvalue weighted by Gasteiger charge is 2.03. The molecule has 0 bridgehead atoms. The summed E-state index contributed by atoms with van der Waals surface area (Å²) < 4.78 is 18.5. The summed E-state index contributed by atoms with van der Waals surface area (Å²) in [5.41, 5.74) is 0.650. The lowest BCUT2D eigenvalue weighted by Crippen LogP contribution is -2.09. The van der Waals surface area contributed by atoms with Gasteiger partial charge in [-0.1, -0.05) is 13.0 Å². The number of rotatable bonds is 3. The maximum atomic E-state index is 13.1. The van der Waals surface area contributed by atoms with Crippen molar-refractivity contribution in [3.63, 3.8) is 0 Å². The van der Waals surface area contributed by atoms with Crippen molar-refractivity contribution < 1.29 is 9.13 Å². The standard InChI is InChI=1S/C11H15FO/c1-4-9(3)13-10-6-5-8(2)11(12)7-10/h5-7,9H,4H2,1-3H3. The molecule has 0 aromatic heterocycles. The van der Waals surface area contributed by atoms with Gasteiger partial charge in [-0.25, -0.2) is 4.39 Å². The van der Waals surface area contributed by atoms with Crippen molar-refractivity contribution in [3.05, 3.63) is 29.6 Å². The van der Waals surface area contributed by atoms with Crippen LogP contribution in [0.3, 0.4) is 0 Å². The van der Waals surface area contributed by atoms with Gasteiger partial charge in [0, 0.05) is 6.07 Å². The molecule has 0 N–H and O–H groups in total. The van der Waals surface area contributed by atoms with Crippen LogP contribution in [0.5, 0.6) is 5.75 Å². The highest BCUT2D eigenvalue weighted by atomic mass is 19.1. The van der Waals surface area contributed by atoms with Gasteiger partial charge in [0.15, 0.2) is 0 Å². The third-order valence-corrected chi connectivity index (χ3v) is 2.06. The van der Waals surface area contributed by atoms with Gasteiger partial charge in [-0.2, -0.15) is 0 Å². The van der Waals surface area contributed by atoms with Crippen LogP contribution < -0.4 is 4.74 Å². The first-order chi connectivity index (χ1) is 6.13. The molecular formula is C11H15FO. The summed E-state index contributed by atoms with van der Waals surface area (Å²) in [4.78, 5) is 0. The van der Waals surface area contributed by atoms with E-state index in [0.29, 0.717) is 11.3 Å². The van der Waals surface area contributed by atoms with Gasteiger partial charge >= 0.3 is 0 Å². The molecule has 0 fully saturated rings. The number of ether oxygens (including phenoxy) is 1. The summed E-state index contributed by atoms with van der Waals surface area (Å²) in [6.45, 7) is 5.75.